The van der Waals surface area contributed by atoms with Crippen LogP contribution in [-0.2, 0) is 4.79 Å². The first-order chi connectivity index (χ1) is 8.99. The summed E-state index contributed by atoms with van der Waals surface area (Å²) in [5.74, 6) is 0.0959. The van der Waals surface area contributed by atoms with Crippen molar-refractivity contribution in [2.45, 2.75) is 26.7 Å². The normalized spacial score (nSPS) is 13.4. The molecule has 0 aliphatic rings. The van der Waals surface area contributed by atoms with E-state index in [0.29, 0.717) is 8.90 Å². The van der Waals surface area contributed by atoms with E-state index in [2.05, 4.69) is 52.4 Å². The summed E-state index contributed by atoms with van der Waals surface area (Å²) in [5, 5.41) is 0. The largest absolute Gasteiger partial charge is 0.294 e. The first kappa shape index (κ1) is 16.8. The van der Waals surface area contributed by atoms with E-state index in [1.807, 2.05) is 6.08 Å². The van der Waals surface area contributed by atoms with Gasteiger partial charge in [-0.1, -0.05) is 48.9 Å². The maximum atomic E-state index is 13.2. The van der Waals surface area contributed by atoms with Crippen LogP contribution < -0.4 is 0 Å². The van der Waals surface area contributed by atoms with Gasteiger partial charge in [0, 0.05) is 0 Å². The number of halogens is 3. The van der Waals surface area contributed by atoms with Crippen molar-refractivity contribution in [3.05, 3.63) is 39.6 Å². The molecule has 1 rings (SSSR count). The maximum absolute atomic E-state index is 13.2. The van der Waals surface area contributed by atoms with E-state index in [1.54, 1.807) is 12.1 Å². The van der Waals surface area contributed by atoms with Crippen LogP contribution in [0.25, 0.3) is 6.08 Å². The van der Waals surface area contributed by atoms with Gasteiger partial charge >= 0.3 is 0 Å². The highest BCUT2D eigenvalue weighted by Crippen LogP contribution is 2.24. The average molecular weight is 439 g/mol. The molecule has 1 nitrogen and oxygen atoms in total. The summed E-state index contributed by atoms with van der Waals surface area (Å²) in [4.78, 5) is 12.0. The number of ketones is 1. The van der Waals surface area contributed by atoms with Crippen molar-refractivity contribution in [1.82, 2.24) is 0 Å². The van der Waals surface area contributed by atoms with Crippen LogP contribution >= 0.6 is 38.5 Å². The molecule has 0 spiro atoms. The zero-order chi connectivity index (χ0) is 14.4. The molecule has 0 saturated heterocycles. The molecule has 0 heterocycles. The van der Waals surface area contributed by atoms with Crippen LogP contribution in [0.2, 0.25) is 0 Å². The Bertz CT molecular complexity index is 485. The van der Waals surface area contributed by atoms with Crippen molar-refractivity contribution in [1.29, 1.82) is 0 Å². The van der Waals surface area contributed by atoms with Crippen molar-refractivity contribution in [3.8, 4) is 0 Å². The summed E-state index contributed by atoms with van der Waals surface area (Å²) in [7, 11) is 0. The SMILES string of the molecule is CCCC(C)/C(=C\c1ccc(F)c(Br)c1)C(=O)CI. The standard InChI is InChI=1S/C15H17BrFIO/c1-3-4-10(2)12(15(19)9-18)7-11-5-6-14(17)13(16)8-11/h5-8,10H,3-4,9H2,1-2H3/b12-7+. The van der Waals surface area contributed by atoms with Gasteiger partial charge in [-0.25, -0.2) is 4.39 Å². The number of carbonyl (C=O) groups excluding carboxylic acids is 1. The third-order valence-corrected chi connectivity index (χ3v) is 4.26. The molecule has 1 aromatic rings. The molecule has 1 aromatic carbocycles. The summed E-state index contributed by atoms with van der Waals surface area (Å²) >= 11 is 5.25. The Kier molecular flexibility index (Phi) is 7.21. The predicted octanol–water partition coefficient (Wildman–Crippen LogP) is 5.41. The molecule has 104 valence electrons. The second-order valence-electron chi connectivity index (χ2n) is 4.52. The fourth-order valence-corrected chi connectivity index (χ4v) is 2.78. The lowest BCUT2D eigenvalue weighted by Crippen LogP contribution is -2.11. The Morgan fingerprint density at radius 2 is 2.21 bits per heavy atom. The quantitative estimate of drug-likeness (QED) is 0.329. The number of alkyl halides is 1. The Balaban J connectivity index is 3.11. The fourth-order valence-electron chi connectivity index (χ4n) is 1.94. The summed E-state index contributed by atoms with van der Waals surface area (Å²) in [6.45, 7) is 4.18. The topological polar surface area (TPSA) is 17.1 Å². The van der Waals surface area contributed by atoms with Gasteiger partial charge in [-0.2, -0.15) is 0 Å². The van der Waals surface area contributed by atoms with Crippen molar-refractivity contribution in [3.63, 3.8) is 0 Å². The highest BCUT2D eigenvalue weighted by Gasteiger charge is 2.15. The van der Waals surface area contributed by atoms with E-state index >= 15 is 0 Å². The van der Waals surface area contributed by atoms with Gasteiger partial charge in [-0.3, -0.25) is 4.79 Å². The molecule has 0 saturated carbocycles. The van der Waals surface area contributed by atoms with Crippen LogP contribution in [0.5, 0.6) is 0 Å². The van der Waals surface area contributed by atoms with E-state index in [0.717, 1.165) is 24.0 Å². The molecule has 0 N–H and O–H groups in total. The van der Waals surface area contributed by atoms with Crippen LogP contribution in [0.1, 0.15) is 32.3 Å². The number of hydrogen-bond donors (Lipinski definition) is 0. The zero-order valence-corrected chi connectivity index (χ0v) is 14.8. The molecule has 0 amide bonds. The van der Waals surface area contributed by atoms with Crippen molar-refractivity contribution in [2.75, 3.05) is 4.43 Å². The van der Waals surface area contributed by atoms with Crippen molar-refractivity contribution >= 4 is 50.4 Å². The Hall–Kier alpha value is -0.230. The van der Waals surface area contributed by atoms with E-state index < -0.39 is 0 Å². The van der Waals surface area contributed by atoms with Crippen LogP contribution in [0.3, 0.4) is 0 Å². The minimum absolute atomic E-state index is 0.155. The molecule has 19 heavy (non-hydrogen) atoms. The van der Waals surface area contributed by atoms with Gasteiger partial charge in [-0.15, -0.1) is 0 Å². The second-order valence-corrected chi connectivity index (χ2v) is 6.14. The molecule has 1 unspecified atom stereocenters. The minimum atomic E-state index is -0.291. The van der Waals surface area contributed by atoms with Gasteiger partial charge in [0.25, 0.3) is 0 Å². The number of benzene rings is 1. The van der Waals surface area contributed by atoms with Crippen LogP contribution in [-0.4, -0.2) is 10.2 Å². The van der Waals surface area contributed by atoms with E-state index in [-0.39, 0.29) is 17.5 Å². The molecule has 1 atom stereocenters. The van der Waals surface area contributed by atoms with Gasteiger partial charge in [0.05, 0.1) is 8.90 Å². The third kappa shape index (κ3) is 4.99. The number of Topliss-reactive ketones (excluding diaryl/α,β-unsaturated/α-hetero) is 1. The van der Waals surface area contributed by atoms with E-state index in [9.17, 15) is 9.18 Å². The van der Waals surface area contributed by atoms with Crippen molar-refractivity contribution in [2.24, 2.45) is 5.92 Å². The third-order valence-electron chi connectivity index (χ3n) is 2.96. The molecule has 0 aromatic heterocycles. The van der Waals surface area contributed by atoms with Crippen LogP contribution in [0.15, 0.2) is 28.2 Å². The highest BCUT2D eigenvalue weighted by atomic mass is 127. The second kappa shape index (κ2) is 8.15. The molecule has 4 heteroatoms. The lowest BCUT2D eigenvalue weighted by molar-refractivity contribution is -0.113. The number of hydrogen-bond acceptors (Lipinski definition) is 1. The number of rotatable bonds is 6. The van der Waals surface area contributed by atoms with Crippen LogP contribution in [0, 0.1) is 11.7 Å². The minimum Gasteiger partial charge on any atom is -0.294 e. The van der Waals surface area contributed by atoms with Crippen LogP contribution in [0.4, 0.5) is 4.39 Å². The molecule has 0 aliphatic carbocycles. The summed E-state index contributed by atoms with van der Waals surface area (Å²) in [5.41, 5.74) is 1.68. The lowest BCUT2D eigenvalue weighted by atomic mass is 9.92. The van der Waals surface area contributed by atoms with Gasteiger partial charge in [0.1, 0.15) is 5.82 Å². The summed E-state index contributed by atoms with van der Waals surface area (Å²) in [6, 6.07) is 4.81. The first-order valence-electron chi connectivity index (χ1n) is 6.25. The smallest absolute Gasteiger partial charge is 0.168 e. The van der Waals surface area contributed by atoms with E-state index in [4.69, 9.17) is 0 Å². The van der Waals surface area contributed by atoms with Gasteiger partial charge in [-0.05, 0) is 57.6 Å². The first-order valence-corrected chi connectivity index (χ1v) is 8.57. The van der Waals surface area contributed by atoms with Gasteiger partial charge in [0.2, 0.25) is 0 Å². The monoisotopic (exact) mass is 438 g/mol. The van der Waals surface area contributed by atoms with Gasteiger partial charge in [0.15, 0.2) is 5.78 Å². The molecule has 0 fully saturated rings. The van der Waals surface area contributed by atoms with Gasteiger partial charge < -0.3 is 0 Å². The Labute approximate surface area is 135 Å². The Morgan fingerprint density at radius 1 is 1.53 bits per heavy atom. The zero-order valence-electron chi connectivity index (χ0n) is 11.1. The van der Waals surface area contributed by atoms with E-state index in [1.165, 1.54) is 6.07 Å². The molecule has 0 aliphatic heterocycles. The fraction of sp³-hybridized carbons (Fsp3) is 0.400. The number of allylic oxidation sites excluding steroid dienone is 1. The highest BCUT2D eigenvalue weighted by molar-refractivity contribution is 14.1. The number of carbonyl (C=O) groups is 1. The summed E-state index contributed by atoms with van der Waals surface area (Å²) < 4.78 is 14.1. The average Bonchev–Trinajstić information content (AvgIpc) is 2.39. The molecular formula is C15H17BrFIO. The predicted molar refractivity (Wildman–Crippen MR) is 90.0 cm³/mol. The molecular weight excluding hydrogens is 422 g/mol. The molecule has 0 bridgehead atoms. The van der Waals surface area contributed by atoms with Crippen molar-refractivity contribution < 1.29 is 9.18 Å². The summed E-state index contributed by atoms with van der Waals surface area (Å²) in [6.07, 6.45) is 3.91. The lowest BCUT2D eigenvalue weighted by Gasteiger charge is -2.13. The maximum Gasteiger partial charge on any atom is 0.168 e. The Morgan fingerprint density at radius 3 is 2.74 bits per heavy atom. The molecule has 0 radical (unpaired) electrons.